The third-order valence-electron chi connectivity index (χ3n) is 4.21. The molecular weight excluding hydrogens is 386 g/mol. The first-order valence-electron chi connectivity index (χ1n) is 8.91. The minimum Gasteiger partial charge on any atom is -0.489 e. The van der Waals surface area contributed by atoms with Gasteiger partial charge in [0, 0.05) is 5.56 Å². The third-order valence-corrected chi connectivity index (χ3v) is 4.88. The Bertz CT molecular complexity index is 1170. The first-order chi connectivity index (χ1) is 14.2. The lowest BCUT2D eigenvalue weighted by Gasteiger charge is -2.09. The fourth-order valence-corrected chi connectivity index (χ4v) is 3.30. The second-order valence-electron chi connectivity index (χ2n) is 6.26. The molecule has 2 N–H and O–H groups in total. The standard InChI is InChI=1S/C22H17N3O3S/c26-20(23-22-24-21(27)25-29-22)18-8-4-5-15(13-18)14-28-19-11-9-17(10-12-19)16-6-2-1-3-7-16/h1-13H,14H2,(H2,23,24,25,26,27). The molecule has 1 aromatic heterocycles. The zero-order chi connectivity index (χ0) is 20.1. The molecule has 0 saturated carbocycles. The number of hydrogen-bond acceptors (Lipinski definition) is 5. The summed E-state index contributed by atoms with van der Waals surface area (Å²) in [6.07, 6.45) is 0. The highest BCUT2D eigenvalue weighted by atomic mass is 32.1. The number of carbonyl (C=O) groups is 1. The molecule has 1 heterocycles. The average molecular weight is 403 g/mol. The van der Waals surface area contributed by atoms with Crippen molar-refractivity contribution in [3.63, 3.8) is 0 Å². The monoisotopic (exact) mass is 403 g/mol. The zero-order valence-corrected chi connectivity index (χ0v) is 16.1. The van der Waals surface area contributed by atoms with Crippen molar-refractivity contribution in [1.29, 1.82) is 0 Å². The number of nitrogens with one attached hydrogen (secondary N) is 2. The lowest BCUT2D eigenvalue weighted by atomic mass is 10.1. The number of H-pyrrole nitrogens is 1. The number of aromatic amines is 1. The van der Waals surface area contributed by atoms with Crippen molar-refractivity contribution in [3.8, 4) is 16.9 Å². The van der Waals surface area contributed by atoms with E-state index in [0.29, 0.717) is 12.2 Å². The lowest BCUT2D eigenvalue weighted by molar-refractivity contribution is 0.102. The van der Waals surface area contributed by atoms with Gasteiger partial charge in [-0.3, -0.25) is 14.5 Å². The Morgan fingerprint density at radius 1 is 0.966 bits per heavy atom. The van der Waals surface area contributed by atoms with Crippen molar-refractivity contribution in [2.24, 2.45) is 0 Å². The van der Waals surface area contributed by atoms with Gasteiger partial charge in [-0.25, -0.2) is 4.79 Å². The smallest absolute Gasteiger partial charge is 0.357 e. The van der Waals surface area contributed by atoms with Gasteiger partial charge in [-0.2, -0.15) is 4.98 Å². The minimum atomic E-state index is -0.481. The summed E-state index contributed by atoms with van der Waals surface area (Å²) in [5.41, 5.74) is 3.12. The summed E-state index contributed by atoms with van der Waals surface area (Å²) >= 11 is 0.978. The molecule has 0 aliphatic heterocycles. The zero-order valence-electron chi connectivity index (χ0n) is 15.3. The van der Waals surface area contributed by atoms with Gasteiger partial charge < -0.3 is 4.74 Å². The van der Waals surface area contributed by atoms with Crippen LogP contribution in [0.25, 0.3) is 11.1 Å². The normalized spacial score (nSPS) is 10.5. The molecule has 0 atom stereocenters. The van der Waals surface area contributed by atoms with Crippen LogP contribution in [0.15, 0.2) is 83.7 Å². The number of amides is 1. The van der Waals surface area contributed by atoms with E-state index in [2.05, 4.69) is 26.8 Å². The van der Waals surface area contributed by atoms with E-state index in [1.807, 2.05) is 48.5 Å². The van der Waals surface area contributed by atoms with E-state index < -0.39 is 5.69 Å². The molecule has 0 aliphatic rings. The van der Waals surface area contributed by atoms with Crippen LogP contribution in [0.1, 0.15) is 15.9 Å². The Morgan fingerprint density at radius 3 is 2.45 bits per heavy atom. The molecule has 0 radical (unpaired) electrons. The quantitative estimate of drug-likeness (QED) is 0.502. The van der Waals surface area contributed by atoms with Crippen molar-refractivity contribution < 1.29 is 9.53 Å². The number of aromatic nitrogens is 2. The van der Waals surface area contributed by atoms with Crippen molar-refractivity contribution in [1.82, 2.24) is 9.36 Å². The molecule has 0 spiro atoms. The van der Waals surface area contributed by atoms with E-state index in [-0.39, 0.29) is 11.0 Å². The summed E-state index contributed by atoms with van der Waals surface area (Å²) in [4.78, 5) is 27.0. The van der Waals surface area contributed by atoms with E-state index in [9.17, 15) is 9.59 Å². The van der Waals surface area contributed by atoms with Crippen LogP contribution in [-0.4, -0.2) is 15.3 Å². The molecular formula is C22H17N3O3S. The fourth-order valence-electron chi connectivity index (χ4n) is 2.80. The maximum atomic E-state index is 12.3. The van der Waals surface area contributed by atoms with Crippen LogP contribution in [-0.2, 0) is 6.61 Å². The van der Waals surface area contributed by atoms with Gasteiger partial charge in [0.1, 0.15) is 12.4 Å². The van der Waals surface area contributed by atoms with Crippen LogP contribution < -0.4 is 15.7 Å². The number of carbonyl (C=O) groups excluding carboxylic acids is 1. The van der Waals surface area contributed by atoms with Crippen LogP contribution in [0.4, 0.5) is 5.13 Å². The van der Waals surface area contributed by atoms with Crippen LogP contribution in [0.3, 0.4) is 0 Å². The molecule has 144 valence electrons. The average Bonchev–Trinajstić information content (AvgIpc) is 3.18. The van der Waals surface area contributed by atoms with Gasteiger partial charge >= 0.3 is 5.69 Å². The number of rotatable bonds is 6. The maximum absolute atomic E-state index is 12.3. The summed E-state index contributed by atoms with van der Waals surface area (Å²) in [5.74, 6) is 0.419. The fraction of sp³-hybridized carbons (Fsp3) is 0.0455. The summed E-state index contributed by atoms with van der Waals surface area (Å²) in [7, 11) is 0. The molecule has 4 rings (SSSR count). The first-order valence-corrected chi connectivity index (χ1v) is 9.73. The molecule has 0 unspecified atom stereocenters. The Labute approximate surface area is 171 Å². The SMILES string of the molecule is O=C(Nc1nc(=O)[nH]s1)c1cccc(COc2ccc(-c3ccccc3)cc2)c1. The van der Waals surface area contributed by atoms with Crippen LogP contribution in [0.5, 0.6) is 5.75 Å². The summed E-state index contributed by atoms with van der Waals surface area (Å²) in [5, 5.41) is 2.83. The predicted octanol–water partition coefficient (Wildman–Crippen LogP) is 4.33. The number of benzene rings is 3. The van der Waals surface area contributed by atoms with E-state index in [1.165, 1.54) is 0 Å². The molecule has 7 heteroatoms. The van der Waals surface area contributed by atoms with Crippen molar-refractivity contribution in [2.75, 3.05) is 5.32 Å². The first kappa shape index (κ1) is 18.6. The minimum absolute atomic E-state index is 0.236. The third kappa shape index (κ3) is 4.77. The number of hydrogen-bond donors (Lipinski definition) is 2. The Morgan fingerprint density at radius 2 is 1.72 bits per heavy atom. The maximum Gasteiger partial charge on any atom is 0.357 e. The van der Waals surface area contributed by atoms with E-state index >= 15 is 0 Å². The van der Waals surface area contributed by atoms with Gasteiger partial charge in [0.25, 0.3) is 5.91 Å². The molecule has 3 aromatic carbocycles. The largest absolute Gasteiger partial charge is 0.489 e. The van der Waals surface area contributed by atoms with Gasteiger partial charge in [-0.15, -0.1) is 0 Å². The van der Waals surface area contributed by atoms with E-state index in [1.54, 1.807) is 18.2 Å². The second-order valence-corrected chi connectivity index (χ2v) is 7.05. The molecule has 0 saturated heterocycles. The van der Waals surface area contributed by atoms with Gasteiger partial charge in [-0.1, -0.05) is 54.6 Å². The molecule has 4 aromatic rings. The highest BCUT2D eigenvalue weighted by Gasteiger charge is 2.09. The van der Waals surface area contributed by atoms with Crippen molar-refractivity contribution in [3.05, 3.63) is 100 Å². The van der Waals surface area contributed by atoms with Crippen LogP contribution in [0, 0.1) is 0 Å². The van der Waals surface area contributed by atoms with Crippen molar-refractivity contribution >= 4 is 22.6 Å². The van der Waals surface area contributed by atoms with Crippen LogP contribution in [0.2, 0.25) is 0 Å². The summed E-state index contributed by atoms with van der Waals surface area (Å²) < 4.78 is 8.28. The van der Waals surface area contributed by atoms with Gasteiger partial charge in [0.05, 0.1) is 0 Å². The Kier molecular flexibility index (Phi) is 5.49. The van der Waals surface area contributed by atoms with E-state index in [4.69, 9.17) is 4.74 Å². The number of ether oxygens (including phenoxy) is 1. The molecule has 0 bridgehead atoms. The molecule has 1 amide bonds. The highest BCUT2D eigenvalue weighted by molar-refractivity contribution is 7.09. The molecule has 0 fully saturated rings. The second kappa shape index (κ2) is 8.53. The molecule has 6 nitrogen and oxygen atoms in total. The van der Waals surface area contributed by atoms with Crippen molar-refractivity contribution in [2.45, 2.75) is 6.61 Å². The van der Waals surface area contributed by atoms with Gasteiger partial charge in [0.15, 0.2) is 0 Å². The van der Waals surface area contributed by atoms with E-state index in [0.717, 1.165) is 34.0 Å². The number of nitrogens with zero attached hydrogens (tertiary/aromatic N) is 1. The topological polar surface area (TPSA) is 84.1 Å². The highest BCUT2D eigenvalue weighted by Crippen LogP contribution is 2.22. The Hall–Kier alpha value is -3.71. The summed E-state index contributed by atoms with van der Waals surface area (Å²) in [6.45, 7) is 0.335. The predicted molar refractivity (Wildman–Crippen MR) is 113 cm³/mol. The number of anilines is 1. The summed E-state index contributed by atoms with van der Waals surface area (Å²) in [6, 6.07) is 25.2. The van der Waals surface area contributed by atoms with Crippen LogP contribution >= 0.6 is 11.5 Å². The van der Waals surface area contributed by atoms with Gasteiger partial charge in [-0.05, 0) is 52.5 Å². The molecule has 0 aliphatic carbocycles. The van der Waals surface area contributed by atoms with Gasteiger partial charge in [0.2, 0.25) is 5.13 Å². The lowest BCUT2D eigenvalue weighted by Crippen LogP contribution is -2.13. The molecule has 29 heavy (non-hydrogen) atoms. The Balaban J connectivity index is 1.39.